The van der Waals surface area contributed by atoms with Gasteiger partial charge >= 0.3 is 6.18 Å². The van der Waals surface area contributed by atoms with Crippen LogP contribution in [-0.2, 0) is 6.18 Å². The normalized spacial score (nSPS) is 14.1. The van der Waals surface area contributed by atoms with E-state index in [4.69, 9.17) is 0 Å². The number of anilines is 1. The number of nitrogens with zero attached hydrogens (tertiary/aromatic N) is 3. The molecule has 1 fully saturated rings. The molecule has 1 atom stereocenters. The molecular weight excluding hydrogens is 481 g/mol. The highest BCUT2D eigenvalue weighted by Gasteiger charge is 2.36. The number of hydrogen-bond donors (Lipinski definition) is 2. The van der Waals surface area contributed by atoms with Crippen LogP contribution in [0, 0.1) is 11.3 Å². The summed E-state index contributed by atoms with van der Waals surface area (Å²) < 4.78 is 41.4. The van der Waals surface area contributed by atoms with E-state index in [2.05, 4.69) is 10.4 Å². The Morgan fingerprint density at radius 3 is 2.46 bits per heavy atom. The van der Waals surface area contributed by atoms with E-state index in [9.17, 15) is 28.3 Å². The second kappa shape index (κ2) is 9.56. The first kappa shape index (κ1) is 24.3. The zero-order valence-electron chi connectivity index (χ0n) is 19.4. The first-order valence-corrected chi connectivity index (χ1v) is 11.6. The van der Waals surface area contributed by atoms with Gasteiger partial charge in [-0.2, -0.15) is 23.5 Å². The number of hydrogen-bond acceptors (Lipinski definition) is 4. The molecule has 1 unspecified atom stereocenters. The van der Waals surface area contributed by atoms with Gasteiger partial charge in [0.25, 0.3) is 5.91 Å². The van der Waals surface area contributed by atoms with E-state index in [1.54, 1.807) is 24.3 Å². The van der Waals surface area contributed by atoms with E-state index in [0.29, 0.717) is 28.8 Å². The van der Waals surface area contributed by atoms with Crippen LogP contribution in [0.5, 0.6) is 0 Å². The fraction of sp³-hybridized carbons (Fsp3) is 0.179. The van der Waals surface area contributed by atoms with E-state index < -0.39 is 23.9 Å². The maximum Gasteiger partial charge on any atom is 0.435 e. The molecular formula is C28H21F3N4O2. The molecule has 0 radical (unpaired) electrons. The summed E-state index contributed by atoms with van der Waals surface area (Å²) in [7, 11) is 0. The van der Waals surface area contributed by atoms with Gasteiger partial charge in [-0.3, -0.25) is 4.79 Å². The summed E-state index contributed by atoms with van der Waals surface area (Å²) in [4.78, 5) is 13.3. The number of benzene rings is 3. The van der Waals surface area contributed by atoms with Crippen molar-refractivity contribution in [3.8, 4) is 11.8 Å². The lowest BCUT2D eigenvalue weighted by Crippen LogP contribution is -2.17. The zero-order chi connectivity index (χ0) is 26.2. The van der Waals surface area contributed by atoms with Gasteiger partial charge in [0.05, 0.1) is 17.3 Å². The minimum absolute atomic E-state index is 0.145. The van der Waals surface area contributed by atoms with Gasteiger partial charge in [-0.15, -0.1) is 0 Å². The minimum atomic E-state index is -4.77. The van der Waals surface area contributed by atoms with Gasteiger partial charge in [-0.1, -0.05) is 42.5 Å². The molecule has 0 saturated heterocycles. The molecule has 1 saturated carbocycles. The fourth-order valence-corrected chi connectivity index (χ4v) is 4.17. The molecule has 1 heterocycles. The number of aromatic nitrogens is 2. The topological polar surface area (TPSA) is 90.9 Å². The number of aliphatic hydroxyl groups excluding tert-OH is 1. The summed E-state index contributed by atoms with van der Waals surface area (Å²) in [5.74, 6) is -0.506. The molecule has 0 aliphatic heterocycles. The highest BCUT2D eigenvalue weighted by atomic mass is 19.4. The Morgan fingerprint density at radius 2 is 1.78 bits per heavy atom. The predicted octanol–water partition coefficient (Wildman–Crippen LogP) is 5.97. The molecule has 1 aliphatic carbocycles. The molecule has 0 spiro atoms. The van der Waals surface area contributed by atoms with E-state index in [0.717, 1.165) is 23.1 Å². The molecule has 5 rings (SSSR count). The fourth-order valence-electron chi connectivity index (χ4n) is 4.17. The van der Waals surface area contributed by atoms with Crippen LogP contribution in [0.25, 0.3) is 5.69 Å². The van der Waals surface area contributed by atoms with Gasteiger partial charge in [-0.25, -0.2) is 4.68 Å². The van der Waals surface area contributed by atoms with Crippen molar-refractivity contribution in [1.82, 2.24) is 9.78 Å². The summed E-state index contributed by atoms with van der Waals surface area (Å²) in [6, 6.07) is 22.8. The van der Waals surface area contributed by atoms with Gasteiger partial charge in [0.1, 0.15) is 11.8 Å². The van der Waals surface area contributed by atoms with Crippen molar-refractivity contribution >= 4 is 11.6 Å². The average Bonchev–Trinajstić information content (AvgIpc) is 3.65. The number of aliphatic hydroxyl groups is 1. The Hall–Kier alpha value is -4.42. The van der Waals surface area contributed by atoms with Gasteiger partial charge < -0.3 is 10.4 Å². The predicted molar refractivity (Wildman–Crippen MR) is 130 cm³/mol. The average molecular weight is 502 g/mol. The Morgan fingerprint density at radius 1 is 1.03 bits per heavy atom. The third-order valence-corrected chi connectivity index (χ3v) is 6.17. The lowest BCUT2D eigenvalue weighted by molar-refractivity contribution is -0.141. The molecule has 3 aromatic carbocycles. The maximum atomic E-state index is 13.5. The summed E-state index contributed by atoms with van der Waals surface area (Å²) in [6.07, 6.45) is -3.75. The molecule has 37 heavy (non-hydrogen) atoms. The molecule has 1 aromatic heterocycles. The monoisotopic (exact) mass is 502 g/mol. The van der Waals surface area contributed by atoms with Crippen LogP contribution in [0.4, 0.5) is 18.9 Å². The van der Waals surface area contributed by atoms with Crippen LogP contribution in [0.3, 0.4) is 0 Å². The Labute approximate surface area is 210 Å². The lowest BCUT2D eigenvalue weighted by Gasteiger charge is -2.16. The standard InChI is InChI=1S/C28H21F3N4O2/c29-28(30,31)25-15-24(35(34-25)23-8-4-5-17(11-23)16-32)27(37)33-22-13-20(18-9-10-18)12-21(14-22)26(36)19-6-2-1-3-7-19/h1-8,11-15,18,26,36H,9-10H2,(H,33,37). The van der Waals surface area contributed by atoms with E-state index in [1.807, 2.05) is 30.3 Å². The first-order chi connectivity index (χ1) is 17.7. The van der Waals surface area contributed by atoms with Crippen molar-refractivity contribution in [3.63, 3.8) is 0 Å². The molecule has 2 N–H and O–H groups in total. The number of carbonyl (C=O) groups is 1. The Bertz CT molecular complexity index is 1500. The van der Waals surface area contributed by atoms with Crippen molar-refractivity contribution in [1.29, 1.82) is 5.26 Å². The number of amides is 1. The molecule has 6 nitrogen and oxygen atoms in total. The van der Waals surface area contributed by atoms with Crippen LogP contribution in [0.2, 0.25) is 0 Å². The second-order valence-electron chi connectivity index (χ2n) is 8.92. The minimum Gasteiger partial charge on any atom is -0.384 e. The highest BCUT2D eigenvalue weighted by molar-refractivity contribution is 6.03. The van der Waals surface area contributed by atoms with Crippen molar-refractivity contribution < 1.29 is 23.1 Å². The second-order valence-corrected chi connectivity index (χ2v) is 8.92. The van der Waals surface area contributed by atoms with Crippen molar-refractivity contribution in [3.05, 3.63) is 113 Å². The molecule has 1 amide bonds. The summed E-state index contributed by atoms with van der Waals surface area (Å²) in [6.45, 7) is 0. The first-order valence-electron chi connectivity index (χ1n) is 11.6. The van der Waals surface area contributed by atoms with Crippen LogP contribution >= 0.6 is 0 Å². The number of nitrogens with one attached hydrogen (secondary N) is 1. The lowest BCUT2D eigenvalue weighted by atomic mass is 9.97. The molecule has 0 bridgehead atoms. The zero-order valence-corrected chi connectivity index (χ0v) is 19.4. The van der Waals surface area contributed by atoms with E-state index in [1.165, 1.54) is 24.3 Å². The molecule has 1 aliphatic rings. The third kappa shape index (κ3) is 5.25. The molecule has 9 heteroatoms. The van der Waals surface area contributed by atoms with Gasteiger partial charge in [0.2, 0.25) is 0 Å². The SMILES string of the molecule is N#Cc1cccc(-n2nc(C(F)(F)F)cc2C(=O)Nc2cc(C3CC3)cc(C(O)c3ccccc3)c2)c1. The van der Waals surface area contributed by atoms with E-state index >= 15 is 0 Å². The third-order valence-electron chi connectivity index (χ3n) is 6.17. The van der Waals surface area contributed by atoms with Crippen molar-refractivity contribution in [2.24, 2.45) is 0 Å². The maximum absolute atomic E-state index is 13.5. The molecule has 4 aromatic rings. The highest BCUT2D eigenvalue weighted by Crippen LogP contribution is 2.42. The number of rotatable bonds is 6. The van der Waals surface area contributed by atoms with Crippen molar-refractivity contribution in [2.75, 3.05) is 5.32 Å². The largest absolute Gasteiger partial charge is 0.435 e. The number of halogens is 3. The van der Waals surface area contributed by atoms with E-state index in [-0.39, 0.29) is 16.9 Å². The Kier molecular flexibility index (Phi) is 6.27. The van der Waals surface area contributed by atoms with Crippen LogP contribution < -0.4 is 5.32 Å². The quantitative estimate of drug-likeness (QED) is 0.340. The summed E-state index contributed by atoms with van der Waals surface area (Å²) in [5.41, 5.74) is 1.32. The summed E-state index contributed by atoms with van der Waals surface area (Å²) in [5, 5.41) is 26.4. The van der Waals surface area contributed by atoms with Crippen LogP contribution in [0.15, 0.2) is 78.9 Å². The number of nitriles is 1. The van der Waals surface area contributed by atoms with Crippen LogP contribution in [-0.4, -0.2) is 20.8 Å². The van der Waals surface area contributed by atoms with Gasteiger partial charge in [0, 0.05) is 11.8 Å². The van der Waals surface area contributed by atoms with Crippen LogP contribution in [0.1, 0.15) is 63.3 Å². The Balaban J connectivity index is 1.52. The van der Waals surface area contributed by atoms with Crippen molar-refractivity contribution in [2.45, 2.75) is 31.0 Å². The summed E-state index contributed by atoms with van der Waals surface area (Å²) >= 11 is 0. The smallest absolute Gasteiger partial charge is 0.384 e. The van der Waals surface area contributed by atoms with Gasteiger partial charge in [-0.05, 0) is 65.8 Å². The number of carbonyl (C=O) groups excluding carboxylic acids is 1. The van der Waals surface area contributed by atoms with Gasteiger partial charge in [0.15, 0.2) is 5.69 Å². The molecule has 186 valence electrons. The number of alkyl halides is 3.